The molecule has 0 aliphatic heterocycles. The van der Waals surface area contributed by atoms with Crippen molar-refractivity contribution >= 4 is 16.7 Å². The average Bonchev–Trinajstić information content (AvgIpc) is 3.35. The molecule has 126 valence electrons. The minimum Gasteiger partial charge on any atom is -0.301 e. The number of hydrogen-bond donors (Lipinski definition) is 0. The molecule has 0 aromatic carbocycles. The Morgan fingerprint density at radius 3 is 2.80 bits per heavy atom. The number of imidazole rings is 2. The Kier molecular flexibility index (Phi) is 3.03. The van der Waals surface area contributed by atoms with Crippen molar-refractivity contribution < 1.29 is 0 Å². The smallest absolute Gasteiger partial charge is 0.301 e. The fraction of sp³-hybridized carbons (Fsp3) is 0.333. The van der Waals surface area contributed by atoms with E-state index in [0.29, 0.717) is 12.6 Å². The van der Waals surface area contributed by atoms with Crippen LogP contribution in [0.5, 0.6) is 0 Å². The van der Waals surface area contributed by atoms with E-state index in [9.17, 15) is 4.79 Å². The highest BCUT2D eigenvalue weighted by atomic mass is 16.1. The van der Waals surface area contributed by atoms with Crippen molar-refractivity contribution in [2.45, 2.75) is 38.8 Å². The van der Waals surface area contributed by atoms with E-state index >= 15 is 0 Å². The molecule has 1 fully saturated rings. The van der Waals surface area contributed by atoms with Gasteiger partial charge in [-0.25, -0.2) is 9.78 Å². The molecule has 1 aliphatic carbocycles. The Morgan fingerprint density at radius 2 is 2.00 bits per heavy atom. The molecule has 0 N–H and O–H groups in total. The standard InChI is InChI=1S/C18H18N6O/c1-2-14-13(21-17-10-20-7-8-22(14)17)11-23-16-9-19-6-5-15(16)24(18(23)25)12-3-4-12/h5-10,12H,2-4,11H2,1H3. The van der Waals surface area contributed by atoms with Gasteiger partial charge in [0.2, 0.25) is 0 Å². The summed E-state index contributed by atoms with van der Waals surface area (Å²) in [5.41, 5.74) is 4.70. The number of nitrogens with zero attached hydrogens (tertiary/aromatic N) is 6. The molecule has 0 atom stereocenters. The van der Waals surface area contributed by atoms with Gasteiger partial charge in [0.15, 0.2) is 5.65 Å². The molecule has 5 rings (SSSR count). The molecule has 0 spiro atoms. The molecule has 4 aromatic heterocycles. The van der Waals surface area contributed by atoms with Gasteiger partial charge in [-0.15, -0.1) is 0 Å². The van der Waals surface area contributed by atoms with Crippen molar-refractivity contribution in [2.75, 3.05) is 0 Å². The van der Waals surface area contributed by atoms with E-state index in [1.54, 1.807) is 29.4 Å². The molecule has 0 unspecified atom stereocenters. The normalized spacial score (nSPS) is 14.6. The van der Waals surface area contributed by atoms with Crippen molar-refractivity contribution in [3.8, 4) is 0 Å². The van der Waals surface area contributed by atoms with Gasteiger partial charge >= 0.3 is 5.69 Å². The van der Waals surface area contributed by atoms with Crippen molar-refractivity contribution in [1.29, 1.82) is 0 Å². The van der Waals surface area contributed by atoms with Crippen LogP contribution in [0.2, 0.25) is 0 Å². The first kappa shape index (κ1) is 14.4. The zero-order chi connectivity index (χ0) is 17.0. The quantitative estimate of drug-likeness (QED) is 0.573. The van der Waals surface area contributed by atoms with E-state index in [4.69, 9.17) is 4.98 Å². The van der Waals surface area contributed by atoms with Crippen LogP contribution in [-0.4, -0.2) is 28.5 Å². The molecular formula is C18H18N6O. The average molecular weight is 334 g/mol. The molecule has 7 nitrogen and oxygen atoms in total. The van der Waals surface area contributed by atoms with Crippen molar-refractivity contribution in [2.24, 2.45) is 0 Å². The number of aromatic nitrogens is 6. The van der Waals surface area contributed by atoms with Gasteiger partial charge in [0, 0.05) is 30.3 Å². The molecule has 1 aliphatic rings. The lowest BCUT2D eigenvalue weighted by molar-refractivity contribution is 0.664. The van der Waals surface area contributed by atoms with Crippen LogP contribution in [0.25, 0.3) is 16.7 Å². The van der Waals surface area contributed by atoms with E-state index in [-0.39, 0.29) is 5.69 Å². The lowest BCUT2D eigenvalue weighted by Gasteiger charge is -2.03. The van der Waals surface area contributed by atoms with E-state index in [2.05, 4.69) is 16.9 Å². The van der Waals surface area contributed by atoms with E-state index < -0.39 is 0 Å². The lowest BCUT2D eigenvalue weighted by atomic mass is 10.2. The van der Waals surface area contributed by atoms with Crippen molar-refractivity contribution in [3.05, 3.63) is 58.9 Å². The minimum absolute atomic E-state index is 0.0303. The van der Waals surface area contributed by atoms with Crippen LogP contribution < -0.4 is 5.69 Å². The Labute approximate surface area is 143 Å². The third kappa shape index (κ3) is 2.12. The monoisotopic (exact) mass is 334 g/mol. The maximum Gasteiger partial charge on any atom is 0.329 e. The Bertz CT molecular complexity index is 1150. The number of pyridine rings is 1. The SMILES string of the molecule is CCc1c(Cn2c(=O)n(C3CC3)c3ccncc32)nc2cnccn12. The summed E-state index contributed by atoms with van der Waals surface area (Å²) in [4.78, 5) is 26.1. The molecule has 0 radical (unpaired) electrons. The second-order valence-corrected chi connectivity index (χ2v) is 6.50. The van der Waals surface area contributed by atoms with Crippen LogP contribution in [0.15, 0.2) is 41.8 Å². The van der Waals surface area contributed by atoms with Crippen LogP contribution in [0, 0.1) is 0 Å². The summed E-state index contributed by atoms with van der Waals surface area (Å²) in [5.74, 6) is 0. The van der Waals surface area contributed by atoms with Crippen LogP contribution in [-0.2, 0) is 13.0 Å². The number of fused-ring (bicyclic) bond motifs is 2. The molecule has 25 heavy (non-hydrogen) atoms. The summed E-state index contributed by atoms with van der Waals surface area (Å²) in [6, 6.07) is 2.26. The fourth-order valence-corrected chi connectivity index (χ4v) is 3.62. The van der Waals surface area contributed by atoms with E-state index in [1.807, 2.05) is 21.2 Å². The summed E-state index contributed by atoms with van der Waals surface area (Å²) < 4.78 is 5.76. The van der Waals surface area contributed by atoms with Crippen LogP contribution in [0.4, 0.5) is 0 Å². The van der Waals surface area contributed by atoms with E-state index in [1.165, 1.54) is 0 Å². The van der Waals surface area contributed by atoms with Crippen LogP contribution in [0.1, 0.15) is 37.2 Å². The van der Waals surface area contributed by atoms with Crippen LogP contribution in [0.3, 0.4) is 0 Å². The van der Waals surface area contributed by atoms with Gasteiger partial charge in [-0.1, -0.05) is 6.92 Å². The first-order valence-electron chi connectivity index (χ1n) is 8.62. The molecule has 1 saturated carbocycles. The highest BCUT2D eigenvalue weighted by Crippen LogP contribution is 2.36. The third-order valence-corrected chi connectivity index (χ3v) is 4.93. The molecule has 4 heterocycles. The minimum atomic E-state index is 0.0303. The predicted octanol–water partition coefficient (Wildman–Crippen LogP) is 2.19. The lowest BCUT2D eigenvalue weighted by Crippen LogP contribution is -2.24. The molecule has 0 saturated heterocycles. The maximum atomic E-state index is 13.0. The second kappa shape index (κ2) is 5.27. The molecule has 0 amide bonds. The maximum absolute atomic E-state index is 13.0. The zero-order valence-corrected chi connectivity index (χ0v) is 14.0. The second-order valence-electron chi connectivity index (χ2n) is 6.50. The largest absolute Gasteiger partial charge is 0.329 e. The summed E-state index contributed by atoms with van der Waals surface area (Å²) in [5, 5.41) is 0. The van der Waals surface area contributed by atoms with E-state index in [0.717, 1.165) is 47.3 Å². The zero-order valence-electron chi connectivity index (χ0n) is 14.0. The van der Waals surface area contributed by atoms with Gasteiger partial charge in [-0.2, -0.15) is 0 Å². The summed E-state index contributed by atoms with van der Waals surface area (Å²) in [6.45, 7) is 2.55. The number of hydrogen-bond acceptors (Lipinski definition) is 4. The molecular weight excluding hydrogens is 316 g/mol. The highest BCUT2D eigenvalue weighted by Gasteiger charge is 2.29. The third-order valence-electron chi connectivity index (χ3n) is 4.93. The Balaban J connectivity index is 1.71. The topological polar surface area (TPSA) is 70.0 Å². The predicted molar refractivity (Wildman–Crippen MR) is 93.7 cm³/mol. The van der Waals surface area contributed by atoms with Gasteiger partial charge in [-0.05, 0) is 25.3 Å². The summed E-state index contributed by atoms with van der Waals surface area (Å²) in [7, 11) is 0. The van der Waals surface area contributed by atoms with Gasteiger partial charge in [0.05, 0.1) is 35.7 Å². The fourth-order valence-electron chi connectivity index (χ4n) is 3.62. The number of rotatable bonds is 4. The molecule has 4 aromatic rings. The first-order valence-corrected chi connectivity index (χ1v) is 8.62. The first-order chi connectivity index (χ1) is 12.3. The van der Waals surface area contributed by atoms with Crippen molar-refractivity contribution in [1.82, 2.24) is 28.5 Å². The van der Waals surface area contributed by atoms with Gasteiger partial charge in [-0.3, -0.25) is 19.1 Å². The molecule has 0 bridgehead atoms. The van der Waals surface area contributed by atoms with Gasteiger partial charge in [0.25, 0.3) is 0 Å². The Morgan fingerprint density at radius 1 is 1.16 bits per heavy atom. The van der Waals surface area contributed by atoms with Crippen LogP contribution >= 0.6 is 0 Å². The summed E-state index contributed by atoms with van der Waals surface area (Å²) in [6.07, 6.45) is 11.9. The van der Waals surface area contributed by atoms with Gasteiger partial charge in [0.1, 0.15) is 0 Å². The summed E-state index contributed by atoms with van der Waals surface area (Å²) >= 11 is 0. The molecule has 7 heteroatoms. The van der Waals surface area contributed by atoms with Crippen molar-refractivity contribution in [3.63, 3.8) is 0 Å². The highest BCUT2D eigenvalue weighted by molar-refractivity contribution is 5.75. The Hall–Kier alpha value is -2.96. The number of aryl methyl sites for hydroxylation is 1. The van der Waals surface area contributed by atoms with Gasteiger partial charge < -0.3 is 4.40 Å².